The average molecular weight is 295 g/mol. The Hall–Kier alpha value is -0.730. The van der Waals surface area contributed by atoms with Crippen LogP contribution >= 0.6 is 11.6 Å². The third-order valence-corrected chi connectivity index (χ3v) is 4.29. The molecule has 1 N–H and O–H groups in total. The van der Waals surface area contributed by atoms with E-state index in [0.29, 0.717) is 12.0 Å². The molecule has 1 aliphatic rings. The second-order valence-corrected chi connectivity index (χ2v) is 6.95. The van der Waals surface area contributed by atoms with Crippen molar-refractivity contribution < 1.29 is 0 Å². The highest BCUT2D eigenvalue weighted by molar-refractivity contribution is 6.30. The Morgan fingerprint density at radius 2 is 2.00 bits per heavy atom. The zero-order valence-electron chi connectivity index (χ0n) is 13.1. The van der Waals surface area contributed by atoms with Gasteiger partial charge >= 0.3 is 0 Å². The molecule has 0 amide bonds. The zero-order chi connectivity index (χ0) is 14.7. The van der Waals surface area contributed by atoms with Gasteiger partial charge in [0.25, 0.3) is 0 Å². The fourth-order valence-corrected chi connectivity index (χ4v) is 2.85. The van der Waals surface area contributed by atoms with Crippen LogP contribution in [0.1, 0.15) is 45.6 Å². The predicted molar refractivity (Wildman–Crippen MR) is 88.6 cm³/mol. The van der Waals surface area contributed by atoms with Gasteiger partial charge in [0, 0.05) is 36.4 Å². The highest BCUT2D eigenvalue weighted by atomic mass is 35.5. The molecule has 0 radical (unpaired) electrons. The molecule has 1 aromatic carbocycles. The molecule has 1 saturated carbocycles. The van der Waals surface area contributed by atoms with Gasteiger partial charge in [0.05, 0.1) is 0 Å². The van der Waals surface area contributed by atoms with Crippen LogP contribution in [0.3, 0.4) is 0 Å². The monoisotopic (exact) mass is 294 g/mol. The summed E-state index contributed by atoms with van der Waals surface area (Å²) in [5.74, 6) is 0.716. The topological polar surface area (TPSA) is 15.3 Å². The Balaban J connectivity index is 2.11. The first-order valence-electron chi connectivity index (χ1n) is 7.72. The molecule has 0 heterocycles. The number of rotatable bonds is 7. The molecule has 20 heavy (non-hydrogen) atoms. The van der Waals surface area contributed by atoms with Gasteiger partial charge in [-0.15, -0.1) is 0 Å². The minimum atomic E-state index is 0.538. The minimum Gasteiger partial charge on any atom is -0.372 e. The van der Waals surface area contributed by atoms with Crippen molar-refractivity contribution in [2.75, 3.05) is 11.9 Å². The molecule has 2 nitrogen and oxygen atoms in total. The van der Waals surface area contributed by atoms with Gasteiger partial charge in [-0.05, 0) is 55.9 Å². The van der Waals surface area contributed by atoms with Crippen LogP contribution in [-0.4, -0.2) is 19.1 Å². The van der Waals surface area contributed by atoms with E-state index in [-0.39, 0.29) is 0 Å². The summed E-state index contributed by atoms with van der Waals surface area (Å²) in [6.45, 7) is 7.77. The van der Waals surface area contributed by atoms with Gasteiger partial charge in [-0.2, -0.15) is 0 Å². The SMILES string of the molecule is CC(C)CC(C)N(C)c1ccc(Cl)cc1CNC1CC1. The largest absolute Gasteiger partial charge is 0.372 e. The summed E-state index contributed by atoms with van der Waals surface area (Å²) in [7, 11) is 2.19. The summed E-state index contributed by atoms with van der Waals surface area (Å²) >= 11 is 6.17. The highest BCUT2D eigenvalue weighted by Crippen LogP contribution is 2.28. The Bertz CT molecular complexity index is 441. The summed E-state index contributed by atoms with van der Waals surface area (Å²) in [6, 6.07) is 7.51. The number of hydrogen-bond donors (Lipinski definition) is 1. The van der Waals surface area contributed by atoms with Crippen LogP contribution in [0.15, 0.2) is 18.2 Å². The van der Waals surface area contributed by atoms with Crippen LogP contribution in [0, 0.1) is 5.92 Å². The normalized spacial score (nSPS) is 16.5. The van der Waals surface area contributed by atoms with Crippen molar-refractivity contribution in [2.24, 2.45) is 5.92 Å². The number of hydrogen-bond acceptors (Lipinski definition) is 2. The number of nitrogens with one attached hydrogen (secondary N) is 1. The van der Waals surface area contributed by atoms with Gasteiger partial charge in [-0.1, -0.05) is 25.4 Å². The molecule has 0 aliphatic heterocycles. The Labute approximate surface area is 128 Å². The number of halogens is 1. The molecule has 0 spiro atoms. The molecule has 1 atom stereocenters. The smallest absolute Gasteiger partial charge is 0.0412 e. The fraction of sp³-hybridized carbons (Fsp3) is 0.647. The first-order valence-corrected chi connectivity index (χ1v) is 8.09. The van der Waals surface area contributed by atoms with Crippen molar-refractivity contribution in [3.8, 4) is 0 Å². The minimum absolute atomic E-state index is 0.538. The molecule has 0 saturated heterocycles. The lowest BCUT2D eigenvalue weighted by atomic mass is 10.0. The molecule has 1 unspecified atom stereocenters. The molecule has 3 heteroatoms. The van der Waals surface area contributed by atoms with E-state index in [1.165, 1.54) is 30.5 Å². The van der Waals surface area contributed by atoms with E-state index in [0.717, 1.165) is 17.6 Å². The van der Waals surface area contributed by atoms with Crippen molar-refractivity contribution >= 4 is 17.3 Å². The van der Waals surface area contributed by atoms with Gasteiger partial charge < -0.3 is 10.2 Å². The zero-order valence-corrected chi connectivity index (χ0v) is 13.9. The van der Waals surface area contributed by atoms with E-state index < -0.39 is 0 Å². The standard InChI is InChI=1S/C17H27ClN2/c1-12(2)9-13(3)20(4)17-8-5-15(18)10-14(17)11-19-16-6-7-16/h5,8,10,12-13,16,19H,6-7,9,11H2,1-4H3. The van der Waals surface area contributed by atoms with Gasteiger partial charge in [0.1, 0.15) is 0 Å². The van der Waals surface area contributed by atoms with E-state index in [1.54, 1.807) is 0 Å². The van der Waals surface area contributed by atoms with Crippen molar-refractivity contribution in [1.82, 2.24) is 5.32 Å². The molecule has 1 aromatic rings. The first kappa shape index (κ1) is 15.7. The van der Waals surface area contributed by atoms with Crippen molar-refractivity contribution in [3.05, 3.63) is 28.8 Å². The van der Waals surface area contributed by atoms with E-state index in [4.69, 9.17) is 11.6 Å². The lowest BCUT2D eigenvalue weighted by Crippen LogP contribution is -2.31. The molecule has 0 aromatic heterocycles. The van der Waals surface area contributed by atoms with Crippen LogP contribution in [0.2, 0.25) is 5.02 Å². The maximum absolute atomic E-state index is 6.17. The summed E-state index contributed by atoms with van der Waals surface area (Å²) in [4.78, 5) is 2.39. The summed E-state index contributed by atoms with van der Waals surface area (Å²) in [5.41, 5.74) is 2.61. The van der Waals surface area contributed by atoms with E-state index in [1.807, 2.05) is 6.07 Å². The van der Waals surface area contributed by atoms with Gasteiger partial charge in [-0.3, -0.25) is 0 Å². The number of benzene rings is 1. The summed E-state index contributed by atoms with van der Waals surface area (Å²) in [5, 5.41) is 4.42. The molecule has 112 valence electrons. The molecule has 1 aliphatic carbocycles. The van der Waals surface area contributed by atoms with E-state index in [2.05, 4.69) is 50.2 Å². The van der Waals surface area contributed by atoms with E-state index >= 15 is 0 Å². The lowest BCUT2D eigenvalue weighted by molar-refractivity contribution is 0.503. The van der Waals surface area contributed by atoms with Crippen molar-refractivity contribution in [1.29, 1.82) is 0 Å². The lowest BCUT2D eigenvalue weighted by Gasteiger charge is -2.30. The third kappa shape index (κ3) is 4.39. The second-order valence-electron chi connectivity index (χ2n) is 6.52. The molecule has 1 fully saturated rings. The third-order valence-electron chi connectivity index (χ3n) is 4.05. The number of nitrogens with zero attached hydrogens (tertiary/aromatic N) is 1. The van der Waals surface area contributed by atoms with Crippen LogP contribution < -0.4 is 10.2 Å². The van der Waals surface area contributed by atoms with Crippen LogP contribution in [0.4, 0.5) is 5.69 Å². The maximum atomic E-state index is 6.17. The average Bonchev–Trinajstić information content (AvgIpc) is 3.19. The summed E-state index contributed by atoms with van der Waals surface area (Å²) in [6.07, 6.45) is 3.83. The van der Waals surface area contributed by atoms with Crippen molar-refractivity contribution in [2.45, 2.75) is 58.7 Å². The Morgan fingerprint density at radius 1 is 1.30 bits per heavy atom. The van der Waals surface area contributed by atoms with E-state index in [9.17, 15) is 0 Å². The highest BCUT2D eigenvalue weighted by Gasteiger charge is 2.21. The molecule has 2 rings (SSSR count). The molecule has 0 bridgehead atoms. The van der Waals surface area contributed by atoms with Crippen LogP contribution in [-0.2, 0) is 6.54 Å². The molecular weight excluding hydrogens is 268 g/mol. The van der Waals surface area contributed by atoms with Gasteiger partial charge in [0.15, 0.2) is 0 Å². The number of anilines is 1. The maximum Gasteiger partial charge on any atom is 0.0412 e. The first-order chi connectivity index (χ1) is 9.47. The van der Waals surface area contributed by atoms with Crippen molar-refractivity contribution in [3.63, 3.8) is 0 Å². The van der Waals surface area contributed by atoms with Gasteiger partial charge in [-0.25, -0.2) is 0 Å². The van der Waals surface area contributed by atoms with Crippen LogP contribution in [0.5, 0.6) is 0 Å². The predicted octanol–water partition coefficient (Wildman–Crippen LogP) is 4.46. The molecular formula is C17H27ClN2. The summed E-state index contributed by atoms with van der Waals surface area (Å²) < 4.78 is 0. The Kier molecular flexibility index (Phi) is 5.34. The quantitative estimate of drug-likeness (QED) is 0.798. The van der Waals surface area contributed by atoms with Crippen LogP contribution in [0.25, 0.3) is 0 Å². The van der Waals surface area contributed by atoms with Gasteiger partial charge in [0.2, 0.25) is 0 Å². The Morgan fingerprint density at radius 3 is 2.60 bits per heavy atom. The second kappa shape index (κ2) is 6.82. The fourth-order valence-electron chi connectivity index (χ4n) is 2.66.